The first-order chi connectivity index (χ1) is 16.0. The molecular weight excluding hydrogens is 427 g/mol. The van der Waals surface area contributed by atoms with Gasteiger partial charge in [-0.25, -0.2) is 9.37 Å². The number of hydrogen-bond donors (Lipinski definition) is 2. The van der Waals surface area contributed by atoms with E-state index in [4.69, 9.17) is 4.74 Å². The van der Waals surface area contributed by atoms with Gasteiger partial charge in [-0.3, -0.25) is 9.69 Å². The third kappa shape index (κ3) is 7.18. The minimum absolute atomic E-state index is 0.0931. The second-order valence-electron chi connectivity index (χ2n) is 8.16. The standard InChI is InChI=1S/C23H31FN6O3/c1-3-4-5-18(8-10-26-32)27-22-20(24)13-25-23(29-22)28-19-7-6-16-9-11-30(14-17(16)12-19)15-21(31)33-2/h6-7,12-13,18H,3-5,8-11,14-15H2,1-2H3,(H2,25,27,28,29). The van der Waals surface area contributed by atoms with E-state index in [-0.39, 0.29) is 36.9 Å². The van der Waals surface area contributed by atoms with Crippen LogP contribution in [0.3, 0.4) is 0 Å². The number of anilines is 3. The Balaban J connectivity index is 1.70. The van der Waals surface area contributed by atoms with Crippen molar-refractivity contribution >= 4 is 23.4 Å². The molecule has 0 aliphatic carbocycles. The third-order valence-electron chi connectivity index (χ3n) is 5.69. The fourth-order valence-corrected chi connectivity index (χ4v) is 3.87. The molecule has 3 rings (SSSR count). The number of hydrogen-bond acceptors (Lipinski definition) is 9. The van der Waals surface area contributed by atoms with E-state index in [9.17, 15) is 14.1 Å². The summed E-state index contributed by atoms with van der Waals surface area (Å²) in [7, 11) is 1.39. The Hall–Kier alpha value is -3.14. The molecular formula is C23H31FN6O3. The van der Waals surface area contributed by atoms with Crippen molar-refractivity contribution in [3.8, 4) is 0 Å². The fourth-order valence-electron chi connectivity index (χ4n) is 3.87. The molecule has 0 saturated carbocycles. The maximum absolute atomic E-state index is 14.4. The molecule has 2 heterocycles. The highest BCUT2D eigenvalue weighted by Gasteiger charge is 2.19. The van der Waals surface area contributed by atoms with Crippen LogP contribution in [-0.4, -0.2) is 53.6 Å². The van der Waals surface area contributed by atoms with Gasteiger partial charge in [0.1, 0.15) is 0 Å². The summed E-state index contributed by atoms with van der Waals surface area (Å²) in [5, 5.41) is 9.17. The molecule has 0 spiro atoms. The van der Waals surface area contributed by atoms with Crippen LogP contribution in [0.1, 0.15) is 43.7 Å². The molecule has 1 aromatic carbocycles. The number of nitrogens with zero attached hydrogens (tertiary/aromatic N) is 4. The van der Waals surface area contributed by atoms with E-state index in [0.717, 1.165) is 49.7 Å². The van der Waals surface area contributed by atoms with Crippen molar-refractivity contribution in [2.45, 2.75) is 51.6 Å². The SMILES string of the molecule is CCCCC(CCN=O)Nc1nc(Nc2ccc3c(c2)CN(CC(=O)OC)CC3)ncc1F. The Bertz CT molecular complexity index is 958. The topological polar surface area (TPSA) is 109 Å². The van der Waals surface area contributed by atoms with E-state index >= 15 is 0 Å². The van der Waals surface area contributed by atoms with Crippen LogP contribution in [0.15, 0.2) is 29.6 Å². The molecule has 10 heteroatoms. The predicted molar refractivity (Wildman–Crippen MR) is 125 cm³/mol. The van der Waals surface area contributed by atoms with Gasteiger partial charge < -0.3 is 15.4 Å². The van der Waals surface area contributed by atoms with Gasteiger partial charge >= 0.3 is 5.97 Å². The average Bonchev–Trinajstić information content (AvgIpc) is 2.82. The Morgan fingerprint density at radius 1 is 1.33 bits per heavy atom. The van der Waals surface area contributed by atoms with Crippen molar-refractivity contribution in [3.05, 3.63) is 46.2 Å². The zero-order chi connectivity index (χ0) is 23.6. The number of carbonyl (C=O) groups is 1. The number of aromatic nitrogens is 2. The molecule has 1 unspecified atom stereocenters. The highest BCUT2D eigenvalue weighted by molar-refractivity contribution is 5.71. The van der Waals surface area contributed by atoms with Gasteiger partial charge in [0.05, 0.1) is 26.4 Å². The lowest BCUT2D eigenvalue weighted by Crippen LogP contribution is -2.35. The Kier molecular flexibility index (Phi) is 9.05. The van der Waals surface area contributed by atoms with Crippen LogP contribution in [0, 0.1) is 10.7 Å². The Labute approximate surface area is 193 Å². The maximum Gasteiger partial charge on any atom is 0.319 e. The van der Waals surface area contributed by atoms with Gasteiger partial charge in [0.15, 0.2) is 11.6 Å². The lowest BCUT2D eigenvalue weighted by molar-refractivity contribution is -0.142. The number of methoxy groups -OCH3 is 1. The highest BCUT2D eigenvalue weighted by atomic mass is 19.1. The zero-order valence-electron chi connectivity index (χ0n) is 19.1. The molecule has 178 valence electrons. The number of nitroso groups, excluding NO2 is 1. The van der Waals surface area contributed by atoms with Crippen molar-refractivity contribution in [1.29, 1.82) is 0 Å². The number of fused-ring (bicyclic) bond motifs is 1. The first kappa shape index (κ1) is 24.5. The molecule has 0 amide bonds. The Morgan fingerprint density at radius 2 is 2.18 bits per heavy atom. The molecule has 1 atom stereocenters. The lowest BCUT2D eigenvalue weighted by Gasteiger charge is -2.28. The second kappa shape index (κ2) is 12.2. The van der Waals surface area contributed by atoms with Crippen LogP contribution in [0.2, 0.25) is 0 Å². The summed E-state index contributed by atoms with van der Waals surface area (Å²) >= 11 is 0. The summed E-state index contributed by atoms with van der Waals surface area (Å²) in [6.45, 7) is 3.93. The minimum Gasteiger partial charge on any atom is -0.468 e. The van der Waals surface area contributed by atoms with E-state index < -0.39 is 5.82 Å². The van der Waals surface area contributed by atoms with Gasteiger partial charge in [-0.05, 0) is 42.5 Å². The normalized spacial score (nSPS) is 14.3. The van der Waals surface area contributed by atoms with Crippen molar-refractivity contribution < 1.29 is 13.9 Å². The molecule has 0 fully saturated rings. The summed E-state index contributed by atoms with van der Waals surface area (Å²) in [6.07, 6.45) is 5.25. The van der Waals surface area contributed by atoms with Crippen LogP contribution in [0.4, 0.5) is 21.8 Å². The molecule has 33 heavy (non-hydrogen) atoms. The van der Waals surface area contributed by atoms with Crippen LogP contribution in [0.25, 0.3) is 0 Å². The molecule has 2 N–H and O–H groups in total. The average molecular weight is 459 g/mol. The number of carbonyl (C=O) groups excluding carboxylic acids is 1. The number of halogens is 1. The van der Waals surface area contributed by atoms with Crippen LogP contribution in [0.5, 0.6) is 0 Å². The monoisotopic (exact) mass is 458 g/mol. The quantitative estimate of drug-likeness (QED) is 0.363. The molecule has 0 radical (unpaired) electrons. The second-order valence-corrected chi connectivity index (χ2v) is 8.16. The van der Waals surface area contributed by atoms with Crippen molar-refractivity contribution in [1.82, 2.24) is 14.9 Å². The number of ether oxygens (including phenoxy) is 1. The first-order valence-corrected chi connectivity index (χ1v) is 11.3. The van der Waals surface area contributed by atoms with Gasteiger partial charge in [-0.1, -0.05) is 31.0 Å². The molecule has 9 nitrogen and oxygen atoms in total. The van der Waals surface area contributed by atoms with Crippen LogP contribution < -0.4 is 10.6 Å². The third-order valence-corrected chi connectivity index (χ3v) is 5.69. The Morgan fingerprint density at radius 3 is 2.94 bits per heavy atom. The van der Waals surface area contributed by atoms with Gasteiger partial charge in [0.25, 0.3) is 0 Å². The predicted octanol–water partition coefficient (Wildman–Crippen LogP) is 4.02. The summed E-state index contributed by atoms with van der Waals surface area (Å²) in [4.78, 5) is 32.6. The highest BCUT2D eigenvalue weighted by Crippen LogP contribution is 2.25. The van der Waals surface area contributed by atoms with Gasteiger partial charge in [0, 0.05) is 24.8 Å². The lowest BCUT2D eigenvalue weighted by atomic mass is 9.99. The molecule has 2 aromatic rings. The number of benzene rings is 1. The summed E-state index contributed by atoms with van der Waals surface area (Å²) in [5.41, 5.74) is 3.11. The van der Waals surface area contributed by atoms with E-state index in [1.807, 2.05) is 23.1 Å². The van der Waals surface area contributed by atoms with Crippen molar-refractivity contribution in [2.24, 2.45) is 5.18 Å². The summed E-state index contributed by atoms with van der Waals surface area (Å²) in [6, 6.07) is 5.89. The van der Waals surface area contributed by atoms with Crippen molar-refractivity contribution in [3.63, 3.8) is 0 Å². The van der Waals surface area contributed by atoms with Crippen LogP contribution in [-0.2, 0) is 22.5 Å². The van der Waals surface area contributed by atoms with E-state index in [2.05, 4.69) is 32.7 Å². The van der Waals surface area contributed by atoms with Gasteiger partial charge in [-0.2, -0.15) is 9.89 Å². The van der Waals surface area contributed by atoms with Crippen LogP contribution >= 0.6 is 0 Å². The number of rotatable bonds is 12. The number of nitrogens with one attached hydrogen (secondary N) is 2. The summed E-state index contributed by atoms with van der Waals surface area (Å²) in [5.74, 6) is -0.441. The molecule has 1 aliphatic rings. The molecule has 0 bridgehead atoms. The smallest absolute Gasteiger partial charge is 0.319 e. The molecule has 0 saturated heterocycles. The van der Waals surface area contributed by atoms with Gasteiger partial charge in [0.2, 0.25) is 5.95 Å². The first-order valence-electron chi connectivity index (χ1n) is 11.3. The van der Waals surface area contributed by atoms with Crippen molar-refractivity contribution in [2.75, 3.05) is 37.4 Å². The summed E-state index contributed by atoms with van der Waals surface area (Å²) < 4.78 is 19.1. The molecule has 1 aromatic heterocycles. The largest absolute Gasteiger partial charge is 0.468 e. The molecule has 1 aliphatic heterocycles. The van der Waals surface area contributed by atoms with E-state index in [1.54, 1.807) is 0 Å². The van der Waals surface area contributed by atoms with E-state index in [1.165, 1.54) is 12.7 Å². The zero-order valence-corrected chi connectivity index (χ0v) is 19.1. The number of unbranched alkanes of at least 4 members (excludes halogenated alkanes) is 1. The van der Waals surface area contributed by atoms with Gasteiger partial charge in [-0.15, -0.1) is 0 Å². The number of esters is 1. The maximum atomic E-state index is 14.4. The van der Waals surface area contributed by atoms with E-state index in [0.29, 0.717) is 13.0 Å². The fraction of sp³-hybridized carbons (Fsp3) is 0.522. The minimum atomic E-state index is -0.551.